The Morgan fingerprint density at radius 2 is 1.75 bits per heavy atom. The van der Waals surface area contributed by atoms with E-state index in [9.17, 15) is 39.6 Å². The average Bonchev–Trinajstić information content (AvgIpc) is 3.14. The molecule has 0 bridgehead atoms. The minimum Gasteiger partial charge on any atom is -0.327 e. The van der Waals surface area contributed by atoms with Crippen LogP contribution >= 0.6 is 15.9 Å². The van der Waals surface area contributed by atoms with Crippen molar-refractivity contribution >= 4 is 53.7 Å². The first-order chi connectivity index (χ1) is 16.6. The largest absolute Gasteiger partial charge is 0.493 e. The van der Waals surface area contributed by atoms with Crippen LogP contribution in [0, 0.1) is 0 Å². The third-order valence-corrected chi connectivity index (χ3v) is 7.28. The van der Waals surface area contributed by atoms with Gasteiger partial charge in [0.05, 0.1) is 27.2 Å². The lowest BCUT2D eigenvalue weighted by molar-refractivity contribution is -0.199. The van der Waals surface area contributed by atoms with Crippen LogP contribution in [0.3, 0.4) is 0 Å². The van der Waals surface area contributed by atoms with Crippen LogP contribution in [0.15, 0.2) is 52.0 Å². The molecule has 1 aromatic carbocycles. The summed E-state index contributed by atoms with van der Waals surface area (Å²) in [6.07, 6.45) is -9.99. The zero-order valence-electron chi connectivity index (χ0n) is 17.8. The summed E-state index contributed by atoms with van der Waals surface area (Å²) in [5.74, 6) is -3.18. The number of hydrogen-bond acceptors (Lipinski definition) is 6. The summed E-state index contributed by atoms with van der Waals surface area (Å²) in [6.45, 7) is 1.32. The normalized spacial score (nSPS) is 12.9. The van der Waals surface area contributed by atoms with Gasteiger partial charge in [0.1, 0.15) is 16.9 Å². The zero-order chi connectivity index (χ0) is 26.6. The molecule has 0 unspecified atom stereocenters. The number of benzene rings is 1. The Kier molecular flexibility index (Phi) is 6.27. The minimum absolute atomic E-state index is 0.161. The average molecular weight is 596 g/mol. The van der Waals surface area contributed by atoms with E-state index in [1.54, 1.807) is 12.1 Å². The quantitative estimate of drug-likeness (QED) is 0.296. The fraction of sp³-hybridized carbons (Fsp3) is 0.190. The number of carbonyl (C=O) groups excluding carboxylic acids is 1. The lowest BCUT2D eigenvalue weighted by Crippen LogP contribution is -2.33. The zero-order valence-corrected chi connectivity index (χ0v) is 20.2. The van der Waals surface area contributed by atoms with E-state index >= 15 is 0 Å². The second-order valence-electron chi connectivity index (χ2n) is 7.40. The van der Waals surface area contributed by atoms with Gasteiger partial charge in [0.15, 0.2) is 9.84 Å². The number of carbonyl (C=O) groups is 1. The maximum Gasteiger partial charge on any atom is 0.493 e. The van der Waals surface area contributed by atoms with E-state index < -0.39 is 61.3 Å². The summed E-state index contributed by atoms with van der Waals surface area (Å²) in [5, 5.41) is 0.362. The fourth-order valence-electron chi connectivity index (χ4n) is 3.31. The molecule has 3 aromatic heterocycles. The molecule has 0 aliphatic rings. The van der Waals surface area contributed by atoms with Gasteiger partial charge in [-0.05, 0) is 30.3 Å². The molecule has 0 saturated heterocycles. The molecule has 4 rings (SSSR count). The Hall–Kier alpha value is -3.20. The predicted octanol–water partition coefficient (Wildman–Crippen LogP) is 5.34. The van der Waals surface area contributed by atoms with Crippen LogP contribution in [-0.4, -0.2) is 41.0 Å². The van der Waals surface area contributed by atoms with E-state index in [-0.39, 0.29) is 15.8 Å². The fourth-order valence-corrected chi connectivity index (χ4v) is 4.72. The lowest BCUT2D eigenvalue weighted by atomic mass is 10.2. The first-order valence-electron chi connectivity index (χ1n) is 9.83. The van der Waals surface area contributed by atoms with Gasteiger partial charge in [-0.25, -0.2) is 18.2 Å². The number of halogens is 7. The molecule has 0 atom stereocenters. The molecule has 4 aromatic rings. The van der Waals surface area contributed by atoms with Crippen molar-refractivity contribution in [3.8, 4) is 11.4 Å². The number of aromatic nitrogens is 3. The molecule has 3 heterocycles. The van der Waals surface area contributed by atoms with Gasteiger partial charge in [0, 0.05) is 16.1 Å². The first-order valence-corrected chi connectivity index (χ1v) is 12.3. The van der Waals surface area contributed by atoms with Gasteiger partial charge in [-0.2, -0.15) is 31.1 Å². The van der Waals surface area contributed by atoms with E-state index in [1.165, 1.54) is 19.1 Å². The van der Waals surface area contributed by atoms with E-state index in [2.05, 4.69) is 30.7 Å². The minimum atomic E-state index is -5.51. The molecular weight excluding hydrogens is 584 g/mol. The van der Waals surface area contributed by atoms with Crippen LogP contribution in [0.25, 0.3) is 33.3 Å². The number of pyridine rings is 2. The van der Waals surface area contributed by atoms with Crippen LogP contribution in [0.4, 0.5) is 26.3 Å². The molecule has 7 nitrogen and oxygen atoms in total. The maximum absolute atomic E-state index is 13.3. The van der Waals surface area contributed by atoms with Crippen molar-refractivity contribution in [3.05, 3.63) is 52.6 Å². The Morgan fingerprint density at radius 1 is 1.06 bits per heavy atom. The monoisotopic (exact) mass is 595 g/mol. The molecule has 0 saturated carbocycles. The van der Waals surface area contributed by atoms with E-state index in [0.717, 1.165) is 6.07 Å². The Morgan fingerprint density at radius 3 is 2.36 bits per heavy atom. The summed E-state index contributed by atoms with van der Waals surface area (Å²) in [6, 6.07) is 7.29. The molecule has 0 spiro atoms. The third kappa shape index (κ3) is 4.76. The van der Waals surface area contributed by atoms with Crippen molar-refractivity contribution in [2.24, 2.45) is 0 Å². The smallest absolute Gasteiger partial charge is 0.327 e. The molecule has 36 heavy (non-hydrogen) atoms. The van der Waals surface area contributed by atoms with E-state index in [0.29, 0.717) is 22.1 Å². The highest BCUT2D eigenvalue weighted by Gasteiger charge is 2.43. The van der Waals surface area contributed by atoms with Crippen molar-refractivity contribution in [3.63, 3.8) is 0 Å². The molecule has 0 fully saturated rings. The molecule has 0 radical (unpaired) electrons. The number of sulfone groups is 1. The summed E-state index contributed by atoms with van der Waals surface area (Å²) in [5.41, 5.74) is -3.05. The highest BCUT2D eigenvalue weighted by molar-refractivity contribution is 9.10. The van der Waals surface area contributed by atoms with Crippen LogP contribution in [0.1, 0.15) is 12.5 Å². The highest BCUT2D eigenvalue weighted by Crippen LogP contribution is 2.36. The SMILES string of the molecule is CCS(=O)(=O)c1cc2ccc(Br)cc2nc1-c1cc2ncc(C(F)(F)F)cc2n1OC(=O)C(F)(F)F. The molecule has 0 aliphatic heterocycles. The summed E-state index contributed by atoms with van der Waals surface area (Å²) < 4.78 is 105. The van der Waals surface area contributed by atoms with E-state index in [4.69, 9.17) is 0 Å². The molecular formula is C21H12BrF6N3O4S. The van der Waals surface area contributed by atoms with Crippen molar-refractivity contribution in [1.29, 1.82) is 0 Å². The topological polar surface area (TPSA) is 91.2 Å². The van der Waals surface area contributed by atoms with Crippen molar-refractivity contribution in [2.45, 2.75) is 24.2 Å². The van der Waals surface area contributed by atoms with Crippen molar-refractivity contribution in [1.82, 2.24) is 14.7 Å². The van der Waals surface area contributed by atoms with Gasteiger partial charge in [0.2, 0.25) is 0 Å². The van der Waals surface area contributed by atoms with E-state index in [1.807, 2.05) is 0 Å². The standard InChI is InChI=1S/C21H12BrF6N3O4S/c1-2-36(33,34)17-5-10-3-4-12(22)7-13(10)30-18(17)16-8-14-15(6-11(9-29-14)20(23,24)25)31(16)35-19(32)21(26,27)28/h3-9H,2H2,1H3. The summed E-state index contributed by atoms with van der Waals surface area (Å²) >= 11 is 3.23. The van der Waals surface area contributed by atoms with Crippen molar-refractivity contribution < 1.29 is 44.4 Å². The number of rotatable bonds is 4. The van der Waals surface area contributed by atoms with Crippen LogP contribution in [-0.2, 0) is 20.8 Å². The molecule has 0 N–H and O–H groups in total. The third-order valence-electron chi connectivity index (χ3n) is 5.04. The maximum atomic E-state index is 13.3. The van der Waals surface area contributed by atoms with Gasteiger partial charge in [-0.3, -0.25) is 4.98 Å². The summed E-state index contributed by atoms with van der Waals surface area (Å²) in [4.78, 5) is 23.6. The Bertz CT molecular complexity index is 1630. The molecule has 15 heteroatoms. The predicted molar refractivity (Wildman–Crippen MR) is 119 cm³/mol. The Labute approximate surface area is 206 Å². The molecule has 190 valence electrons. The second-order valence-corrected chi connectivity index (χ2v) is 10.6. The van der Waals surface area contributed by atoms with Gasteiger partial charge < -0.3 is 4.84 Å². The van der Waals surface area contributed by atoms with Gasteiger partial charge >= 0.3 is 18.3 Å². The van der Waals surface area contributed by atoms with Crippen molar-refractivity contribution in [2.75, 3.05) is 5.75 Å². The molecule has 0 aliphatic carbocycles. The number of alkyl halides is 6. The highest BCUT2D eigenvalue weighted by atomic mass is 79.9. The number of nitrogens with zero attached hydrogens (tertiary/aromatic N) is 3. The van der Waals surface area contributed by atoms with Crippen LogP contribution < -0.4 is 4.84 Å². The van der Waals surface area contributed by atoms with Gasteiger partial charge in [-0.15, -0.1) is 0 Å². The second kappa shape index (κ2) is 8.73. The van der Waals surface area contributed by atoms with Gasteiger partial charge in [0.25, 0.3) is 0 Å². The number of hydrogen-bond donors (Lipinski definition) is 0. The Balaban J connectivity index is 2.11. The molecule has 0 amide bonds. The lowest BCUT2D eigenvalue weighted by Gasteiger charge is -2.15. The summed E-state index contributed by atoms with van der Waals surface area (Å²) in [7, 11) is -4.07. The van der Waals surface area contributed by atoms with Crippen LogP contribution in [0.5, 0.6) is 0 Å². The first kappa shape index (κ1) is 25.9. The number of fused-ring (bicyclic) bond motifs is 2. The van der Waals surface area contributed by atoms with Gasteiger partial charge in [-0.1, -0.05) is 28.9 Å². The van der Waals surface area contributed by atoms with Crippen LogP contribution in [0.2, 0.25) is 0 Å².